The van der Waals surface area contributed by atoms with Crippen molar-refractivity contribution < 1.29 is 0 Å². The van der Waals surface area contributed by atoms with Gasteiger partial charge in [-0.05, 0) is 157 Å². The first-order chi connectivity index (χ1) is 28.6. The molecule has 1 heteroatoms. The molecule has 0 atom stereocenters. The van der Waals surface area contributed by atoms with Crippen LogP contribution in [-0.4, -0.2) is 0 Å². The molecule has 12 aromatic carbocycles. The van der Waals surface area contributed by atoms with E-state index in [1.807, 2.05) is 18.2 Å². The van der Waals surface area contributed by atoms with Crippen LogP contribution in [0.5, 0.6) is 0 Å². The van der Waals surface area contributed by atoms with Crippen LogP contribution in [0.25, 0.3) is 125 Å². The first-order valence-electron chi connectivity index (χ1n) is 20.0. The van der Waals surface area contributed by atoms with Crippen molar-refractivity contribution in [3.05, 3.63) is 198 Å². The normalized spacial score (nSPS) is 11.9. The molecule has 58 heavy (non-hydrogen) atoms. The van der Waals surface area contributed by atoms with Crippen LogP contribution in [0.3, 0.4) is 0 Å². The summed E-state index contributed by atoms with van der Waals surface area (Å²) in [5.41, 5.74) is 12.9. The maximum Gasteiger partial charge on any atom is 0.187 e. The third kappa shape index (κ3) is 4.46. The van der Waals surface area contributed by atoms with Gasteiger partial charge in [0.15, 0.2) is 5.69 Å². The molecule has 0 aliphatic heterocycles. The number of rotatable bonds is 4. The third-order valence-corrected chi connectivity index (χ3v) is 12.8. The van der Waals surface area contributed by atoms with Crippen LogP contribution in [0.1, 0.15) is 11.1 Å². The minimum Gasteiger partial charge on any atom is -0.238 e. The quantitative estimate of drug-likeness (QED) is 0.125. The lowest BCUT2D eigenvalue weighted by atomic mass is 9.84. The van der Waals surface area contributed by atoms with Crippen LogP contribution in [-0.2, 0) is 0 Å². The Hall–Kier alpha value is -7.53. The molecule has 0 bridgehead atoms. The van der Waals surface area contributed by atoms with Crippen molar-refractivity contribution in [3.8, 4) is 44.5 Å². The average Bonchev–Trinajstić information content (AvgIpc) is 3.78. The maximum atomic E-state index is 7.57. The first kappa shape index (κ1) is 32.7. The molecule has 0 saturated carbocycles. The lowest BCUT2D eigenvalue weighted by Gasteiger charge is -2.19. The van der Waals surface area contributed by atoms with Crippen LogP contribution < -0.4 is 0 Å². The van der Waals surface area contributed by atoms with Gasteiger partial charge < -0.3 is 0 Å². The Bertz CT molecular complexity index is 3660. The van der Waals surface area contributed by atoms with E-state index in [2.05, 4.69) is 176 Å². The zero-order chi connectivity index (χ0) is 38.6. The van der Waals surface area contributed by atoms with Gasteiger partial charge in [-0.2, -0.15) is 0 Å². The SMILES string of the molecule is [C-]#[N+]c1cccc(-c2cc(C)c(-c3ccc4c5c(-c6ccccc6)c6c(cc7c8ccccc8c8cccc6c87)c(-c6ccccc6)c5c5cccc3c54)c(C)c2)c1. The predicted octanol–water partition coefficient (Wildman–Crippen LogP) is 16.5. The van der Waals surface area contributed by atoms with Crippen LogP contribution in [0, 0.1) is 20.4 Å². The molecule has 0 saturated heterocycles. The van der Waals surface area contributed by atoms with Crippen LogP contribution in [0.2, 0.25) is 0 Å². The fourth-order valence-electron chi connectivity index (χ4n) is 10.5. The smallest absolute Gasteiger partial charge is 0.187 e. The second-order valence-electron chi connectivity index (χ2n) is 15.9. The standard InChI is InChI=1S/C57H35N/c1-33-29-38(37-19-12-20-39(31-37)58-3)30-34(2)50(33)44-27-28-47-53-43(44)24-14-26-46(53)56-51(35-15-6-4-7-16-35)49-32-48-41-22-11-10-21-40(41)42-23-13-25-45(54(42)48)55(49)52(57(47)56)36-17-8-5-9-18-36/h4-32H,1-2H3. The van der Waals surface area contributed by atoms with E-state index < -0.39 is 0 Å². The monoisotopic (exact) mass is 733 g/mol. The molecule has 0 aliphatic rings. The highest BCUT2D eigenvalue weighted by Crippen LogP contribution is 2.55. The average molecular weight is 734 g/mol. The summed E-state index contributed by atoms with van der Waals surface area (Å²) in [5.74, 6) is 0. The van der Waals surface area contributed by atoms with E-state index >= 15 is 0 Å². The number of aryl methyl sites for hydroxylation is 2. The van der Waals surface area contributed by atoms with E-state index in [0.29, 0.717) is 5.69 Å². The van der Waals surface area contributed by atoms with Gasteiger partial charge in [0.05, 0.1) is 6.57 Å². The Kier molecular flexibility index (Phi) is 6.89. The lowest BCUT2D eigenvalue weighted by Crippen LogP contribution is -1.92. The summed E-state index contributed by atoms with van der Waals surface area (Å²) in [7, 11) is 0. The highest BCUT2D eigenvalue weighted by molar-refractivity contribution is 6.45. The van der Waals surface area contributed by atoms with E-state index in [4.69, 9.17) is 6.57 Å². The second-order valence-corrected chi connectivity index (χ2v) is 15.9. The summed E-state index contributed by atoms with van der Waals surface area (Å²) in [6.45, 7) is 12.0. The zero-order valence-corrected chi connectivity index (χ0v) is 32.2. The Balaban J connectivity index is 1.26. The second kappa shape index (κ2) is 12.2. The Labute approximate surface area is 336 Å². The third-order valence-electron chi connectivity index (χ3n) is 12.8. The van der Waals surface area contributed by atoms with Gasteiger partial charge in [0, 0.05) is 0 Å². The summed E-state index contributed by atoms with van der Waals surface area (Å²) < 4.78 is 0. The molecule has 0 aromatic heterocycles. The molecule has 0 N–H and O–H groups in total. The summed E-state index contributed by atoms with van der Waals surface area (Å²) in [4.78, 5) is 3.69. The molecule has 1 nitrogen and oxygen atoms in total. The van der Waals surface area contributed by atoms with E-state index in [9.17, 15) is 0 Å². The van der Waals surface area contributed by atoms with E-state index in [0.717, 1.165) is 11.1 Å². The van der Waals surface area contributed by atoms with Gasteiger partial charge in [-0.25, -0.2) is 4.85 Å². The van der Waals surface area contributed by atoms with Crippen molar-refractivity contribution in [1.82, 2.24) is 0 Å². The highest BCUT2D eigenvalue weighted by Gasteiger charge is 2.27. The number of benzene rings is 10. The molecule has 0 spiro atoms. The van der Waals surface area contributed by atoms with Gasteiger partial charge in [0.2, 0.25) is 0 Å². The van der Waals surface area contributed by atoms with E-state index in [1.54, 1.807) is 0 Å². The molecular formula is C57H35N. The molecular weight excluding hydrogens is 699 g/mol. The van der Waals surface area contributed by atoms with Gasteiger partial charge in [0.25, 0.3) is 0 Å². The van der Waals surface area contributed by atoms with Crippen LogP contribution in [0.15, 0.2) is 176 Å². The fourth-order valence-corrected chi connectivity index (χ4v) is 10.5. The molecule has 0 unspecified atom stereocenters. The van der Waals surface area contributed by atoms with Crippen molar-refractivity contribution in [1.29, 1.82) is 0 Å². The molecule has 0 aliphatic carbocycles. The molecule has 0 heterocycles. The van der Waals surface area contributed by atoms with E-state index in [1.165, 1.54) is 120 Å². The molecule has 12 aromatic rings. The summed E-state index contributed by atoms with van der Waals surface area (Å²) in [6.07, 6.45) is 0. The van der Waals surface area contributed by atoms with Gasteiger partial charge in [-0.3, -0.25) is 0 Å². The van der Waals surface area contributed by atoms with Crippen molar-refractivity contribution in [2.24, 2.45) is 0 Å². The molecule has 12 rings (SSSR count). The Morgan fingerprint density at radius 1 is 0.310 bits per heavy atom. The highest BCUT2D eigenvalue weighted by atomic mass is 14.6. The van der Waals surface area contributed by atoms with Crippen molar-refractivity contribution in [2.75, 3.05) is 0 Å². The first-order valence-corrected chi connectivity index (χ1v) is 20.0. The van der Waals surface area contributed by atoms with Crippen LogP contribution in [0.4, 0.5) is 5.69 Å². The van der Waals surface area contributed by atoms with Crippen molar-refractivity contribution in [3.63, 3.8) is 0 Å². The van der Waals surface area contributed by atoms with Gasteiger partial charge in [-0.1, -0.05) is 164 Å². The minimum atomic E-state index is 0.660. The van der Waals surface area contributed by atoms with Gasteiger partial charge in [-0.15, -0.1) is 0 Å². The summed E-state index contributed by atoms with van der Waals surface area (Å²) in [6, 6.07) is 64.8. The predicted molar refractivity (Wildman–Crippen MR) is 249 cm³/mol. The van der Waals surface area contributed by atoms with Crippen LogP contribution >= 0.6 is 0 Å². The Morgan fingerprint density at radius 3 is 1.53 bits per heavy atom. The number of fused-ring (bicyclic) bond motifs is 8. The Morgan fingerprint density at radius 2 is 0.828 bits per heavy atom. The van der Waals surface area contributed by atoms with Crippen molar-refractivity contribution >= 4 is 81.1 Å². The maximum absolute atomic E-state index is 7.57. The minimum absolute atomic E-state index is 0.660. The number of hydrogen-bond acceptors (Lipinski definition) is 0. The summed E-state index contributed by atoms with van der Waals surface area (Å²) >= 11 is 0. The zero-order valence-electron chi connectivity index (χ0n) is 32.2. The van der Waals surface area contributed by atoms with Gasteiger partial charge >= 0.3 is 0 Å². The molecule has 0 amide bonds. The fraction of sp³-hybridized carbons (Fsp3) is 0.0351. The van der Waals surface area contributed by atoms with Crippen molar-refractivity contribution in [2.45, 2.75) is 13.8 Å². The molecule has 0 fully saturated rings. The topological polar surface area (TPSA) is 4.36 Å². The van der Waals surface area contributed by atoms with E-state index in [-0.39, 0.29) is 0 Å². The van der Waals surface area contributed by atoms with Gasteiger partial charge in [0.1, 0.15) is 0 Å². The molecule has 268 valence electrons. The number of hydrogen-bond donors (Lipinski definition) is 0. The number of nitrogens with zero attached hydrogens (tertiary/aromatic N) is 1. The summed E-state index contributed by atoms with van der Waals surface area (Å²) in [5, 5.41) is 18.3. The largest absolute Gasteiger partial charge is 0.238 e. The lowest BCUT2D eigenvalue weighted by molar-refractivity contribution is 1.38. The molecule has 0 radical (unpaired) electrons.